The van der Waals surface area contributed by atoms with E-state index in [9.17, 15) is 18.9 Å². The van der Waals surface area contributed by atoms with Gasteiger partial charge in [0.25, 0.3) is 0 Å². The van der Waals surface area contributed by atoms with Crippen LogP contribution in [0.15, 0.2) is 36.4 Å². The van der Waals surface area contributed by atoms with Gasteiger partial charge >= 0.3 is 5.69 Å². The van der Waals surface area contributed by atoms with Crippen LogP contribution in [-0.2, 0) is 6.42 Å². The number of nitrogens with one attached hydrogen (secondary N) is 1. The first kappa shape index (κ1) is 13.5. The van der Waals surface area contributed by atoms with Crippen LogP contribution in [0.3, 0.4) is 0 Å². The van der Waals surface area contributed by atoms with Crippen molar-refractivity contribution in [2.75, 3.05) is 5.32 Å². The molecule has 4 nitrogen and oxygen atoms in total. The van der Waals surface area contributed by atoms with Gasteiger partial charge in [-0.1, -0.05) is 6.07 Å². The molecule has 108 valence electrons. The third-order valence-corrected chi connectivity index (χ3v) is 3.67. The predicted octanol–water partition coefficient (Wildman–Crippen LogP) is 3.97. The van der Waals surface area contributed by atoms with Crippen molar-refractivity contribution in [2.24, 2.45) is 0 Å². The summed E-state index contributed by atoms with van der Waals surface area (Å²) in [6.07, 6.45) is 1.53. The lowest BCUT2D eigenvalue weighted by atomic mass is 10.1. The second-order valence-corrected chi connectivity index (χ2v) is 5.00. The quantitative estimate of drug-likeness (QED) is 0.687. The highest BCUT2D eigenvalue weighted by Gasteiger charge is 2.23. The van der Waals surface area contributed by atoms with Crippen LogP contribution in [0.5, 0.6) is 0 Å². The van der Waals surface area contributed by atoms with Crippen LogP contribution in [0.1, 0.15) is 23.6 Å². The number of fused-ring (bicyclic) bond motifs is 1. The number of benzene rings is 2. The molecule has 0 aliphatic heterocycles. The number of aryl methyl sites for hydroxylation is 1. The number of halogens is 2. The van der Waals surface area contributed by atoms with E-state index in [-0.39, 0.29) is 11.9 Å². The van der Waals surface area contributed by atoms with Crippen LogP contribution in [0.25, 0.3) is 0 Å². The second kappa shape index (κ2) is 5.12. The summed E-state index contributed by atoms with van der Waals surface area (Å²) < 4.78 is 26.7. The van der Waals surface area contributed by atoms with E-state index in [1.807, 2.05) is 0 Å². The van der Waals surface area contributed by atoms with E-state index in [0.717, 1.165) is 36.1 Å². The van der Waals surface area contributed by atoms with Gasteiger partial charge in [-0.05, 0) is 42.2 Å². The van der Waals surface area contributed by atoms with Gasteiger partial charge in [-0.3, -0.25) is 10.1 Å². The Balaban J connectivity index is 1.83. The molecular weight excluding hydrogens is 278 g/mol. The van der Waals surface area contributed by atoms with Crippen molar-refractivity contribution >= 4 is 11.4 Å². The molecule has 1 aliphatic rings. The molecule has 2 aromatic rings. The van der Waals surface area contributed by atoms with Crippen molar-refractivity contribution < 1.29 is 13.7 Å². The lowest BCUT2D eigenvalue weighted by Gasteiger charge is -2.15. The number of hydrogen-bond donors (Lipinski definition) is 1. The monoisotopic (exact) mass is 290 g/mol. The van der Waals surface area contributed by atoms with Gasteiger partial charge in [0.15, 0.2) is 0 Å². The molecule has 0 heterocycles. The predicted molar refractivity (Wildman–Crippen MR) is 74.1 cm³/mol. The molecule has 2 aromatic carbocycles. The van der Waals surface area contributed by atoms with E-state index >= 15 is 0 Å². The minimum absolute atomic E-state index is 0.0403. The van der Waals surface area contributed by atoms with E-state index in [1.54, 1.807) is 6.07 Å². The Morgan fingerprint density at radius 1 is 1.19 bits per heavy atom. The summed E-state index contributed by atoms with van der Waals surface area (Å²) in [7, 11) is 0. The fourth-order valence-electron chi connectivity index (χ4n) is 2.68. The zero-order valence-corrected chi connectivity index (χ0v) is 11.0. The normalized spacial score (nSPS) is 16.6. The average molecular weight is 290 g/mol. The molecule has 1 unspecified atom stereocenters. The van der Waals surface area contributed by atoms with Gasteiger partial charge in [0.2, 0.25) is 5.82 Å². The molecule has 1 atom stereocenters. The molecule has 0 aromatic heterocycles. The van der Waals surface area contributed by atoms with E-state index in [2.05, 4.69) is 5.32 Å². The van der Waals surface area contributed by atoms with Gasteiger partial charge in [0.1, 0.15) is 5.82 Å². The maximum atomic E-state index is 13.6. The number of nitrogens with zero attached hydrogens (tertiary/aromatic N) is 1. The number of hydrogen-bond acceptors (Lipinski definition) is 3. The molecule has 21 heavy (non-hydrogen) atoms. The van der Waals surface area contributed by atoms with Crippen molar-refractivity contribution in [3.8, 4) is 0 Å². The SMILES string of the molecule is O=[N+]([O-])c1ccc(NC2CCc3cc(F)ccc32)cc1F. The second-order valence-electron chi connectivity index (χ2n) is 5.00. The lowest BCUT2D eigenvalue weighted by molar-refractivity contribution is -0.387. The molecule has 0 fully saturated rings. The van der Waals surface area contributed by atoms with Gasteiger partial charge in [-0.15, -0.1) is 0 Å². The molecule has 0 bridgehead atoms. The van der Waals surface area contributed by atoms with Crippen molar-refractivity contribution in [3.05, 3.63) is 69.3 Å². The molecule has 0 radical (unpaired) electrons. The van der Waals surface area contributed by atoms with Crippen molar-refractivity contribution in [1.29, 1.82) is 0 Å². The molecule has 1 aliphatic carbocycles. The average Bonchev–Trinajstić information content (AvgIpc) is 2.80. The van der Waals surface area contributed by atoms with Gasteiger partial charge < -0.3 is 5.32 Å². The Hall–Kier alpha value is -2.50. The lowest BCUT2D eigenvalue weighted by Crippen LogP contribution is -2.07. The molecule has 6 heteroatoms. The van der Waals surface area contributed by atoms with Gasteiger partial charge in [-0.25, -0.2) is 4.39 Å². The van der Waals surface area contributed by atoms with Crippen molar-refractivity contribution in [3.63, 3.8) is 0 Å². The minimum atomic E-state index is -0.873. The molecule has 0 amide bonds. The van der Waals surface area contributed by atoms with E-state index in [0.29, 0.717) is 5.69 Å². The highest BCUT2D eigenvalue weighted by Crippen LogP contribution is 2.34. The summed E-state index contributed by atoms with van der Waals surface area (Å²) in [5.74, 6) is -1.14. The standard InChI is InChI=1S/C15H12F2N2O2/c16-10-2-4-12-9(7-10)1-5-14(12)18-11-3-6-15(19(20)21)13(17)8-11/h2-4,6-8,14,18H,1,5H2. The first-order chi connectivity index (χ1) is 10.0. The summed E-state index contributed by atoms with van der Waals surface area (Å²) in [5.41, 5.74) is 1.85. The maximum absolute atomic E-state index is 13.6. The van der Waals surface area contributed by atoms with E-state index < -0.39 is 16.4 Å². The maximum Gasteiger partial charge on any atom is 0.304 e. The van der Waals surface area contributed by atoms with Crippen molar-refractivity contribution in [2.45, 2.75) is 18.9 Å². The molecular formula is C15H12F2N2O2. The Morgan fingerprint density at radius 2 is 2.00 bits per heavy atom. The minimum Gasteiger partial charge on any atom is -0.378 e. The van der Waals surface area contributed by atoms with Crippen LogP contribution >= 0.6 is 0 Å². The van der Waals surface area contributed by atoms with Gasteiger partial charge in [0.05, 0.1) is 11.0 Å². The molecule has 3 rings (SSSR count). The fourth-order valence-corrected chi connectivity index (χ4v) is 2.68. The van der Waals surface area contributed by atoms with E-state index in [1.165, 1.54) is 18.2 Å². The Labute approximate surface area is 119 Å². The summed E-state index contributed by atoms with van der Waals surface area (Å²) in [4.78, 5) is 9.83. The topological polar surface area (TPSA) is 55.2 Å². The number of rotatable bonds is 3. The zero-order valence-electron chi connectivity index (χ0n) is 11.0. The highest BCUT2D eigenvalue weighted by molar-refractivity contribution is 5.52. The van der Waals surface area contributed by atoms with Crippen LogP contribution in [0, 0.1) is 21.7 Å². The Kier molecular flexibility index (Phi) is 3.29. The summed E-state index contributed by atoms with van der Waals surface area (Å²) >= 11 is 0. The zero-order chi connectivity index (χ0) is 15.0. The first-order valence-electron chi connectivity index (χ1n) is 6.53. The number of nitro groups is 1. The molecule has 0 spiro atoms. The Morgan fingerprint density at radius 3 is 2.71 bits per heavy atom. The van der Waals surface area contributed by atoms with Gasteiger partial charge in [0, 0.05) is 17.8 Å². The highest BCUT2D eigenvalue weighted by atomic mass is 19.1. The van der Waals surface area contributed by atoms with Crippen LogP contribution in [0.4, 0.5) is 20.2 Å². The number of nitro benzene ring substituents is 1. The smallest absolute Gasteiger partial charge is 0.304 e. The van der Waals surface area contributed by atoms with Crippen molar-refractivity contribution in [1.82, 2.24) is 0 Å². The molecule has 0 saturated heterocycles. The first-order valence-corrected chi connectivity index (χ1v) is 6.53. The third-order valence-electron chi connectivity index (χ3n) is 3.67. The van der Waals surface area contributed by atoms with Crippen LogP contribution in [0.2, 0.25) is 0 Å². The van der Waals surface area contributed by atoms with Gasteiger partial charge in [-0.2, -0.15) is 4.39 Å². The third kappa shape index (κ3) is 2.56. The summed E-state index contributed by atoms with van der Waals surface area (Å²) in [5, 5.41) is 13.7. The number of anilines is 1. The summed E-state index contributed by atoms with van der Waals surface area (Å²) in [6.45, 7) is 0. The van der Waals surface area contributed by atoms with E-state index in [4.69, 9.17) is 0 Å². The largest absolute Gasteiger partial charge is 0.378 e. The summed E-state index contributed by atoms with van der Waals surface area (Å²) in [6, 6.07) is 8.31. The fraction of sp³-hybridized carbons (Fsp3) is 0.200. The Bertz CT molecular complexity index is 719. The molecule has 0 saturated carbocycles. The van der Waals surface area contributed by atoms with Crippen LogP contribution in [-0.4, -0.2) is 4.92 Å². The van der Waals surface area contributed by atoms with Crippen LogP contribution < -0.4 is 5.32 Å². The molecule has 1 N–H and O–H groups in total.